The van der Waals surface area contributed by atoms with E-state index in [-0.39, 0.29) is 11.2 Å². The molecule has 136 valence electrons. The second kappa shape index (κ2) is 5.97. The minimum Gasteiger partial charge on any atom is -0.390 e. The third-order valence-corrected chi connectivity index (χ3v) is 6.06. The lowest BCUT2D eigenvalue weighted by atomic mass is 9.77. The molecule has 2 aromatic carbocycles. The molecule has 2 heterocycles. The number of nitrogens with zero attached hydrogens (tertiary/aromatic N) is 2. The summed E-state index contributed by atoms with van der Waals surface area (Å²) in [4.78, 5) is 0. The van der Waals surface area contributed by atoms with Gasteiger partial charge in [0, 0.05) is 27.1 Å². The standard InChI is InChI=1S/C21H18FN3OS/c1-21(26)10-14(11-21)23-20-16-5-3-2-4-15(16)19(24-25-20)12-6-7-17-13(8-12)9-18(22)27-17/h2-9,14,26H,10-11H2,1H3,(H,23,25). The van der Waals surface area contributed by atoms with Crippen molar-refractivity contribution in [3.8, 4) is 11.3 Å². The summed E-state index contributed by atoms with van der Waals surface area (Å²) in [5.74, 6) is 0.734. The predicted octanol–water partition coefficient (Wildman–Crippen LogP) is 4.98. The normalized spacial score (nSPS) is 22.1. The quantitative estimate of drug-likeness (QED) is 0.527. The lowest BCUT2D eigenvalue weighted by Gasteiger charge is -2.41. The van der Waals surface area contributed by atoms with Crippen LogP contribution in [-0.4, -0.2) is 26.9 Å². The lowest BCUT2D eigenvalue weighted by molar-refractivity contribution is -0.0235. The molecule has 0 saturated heterocycles. The third-order valence-electron chi connectivity index (χ3n) is 5.16. The molecule has 4 aromatic rings. The lowest BCUT2D eigenvalue weighted by Crippen LogP contribution is -2.48. The monoisotopic (exact) mass is 379 g/mol. The van der Waals surface area contributed by atoms with Crippen molar-refractivity contribution < 1.29 is 9.50 Å². The molecular formula is C21H18FN3OS. The topological polar surface area (TPSA) is 58.0 Å². The molecule has 4 nitrogen and oxygen atoms in total. The Hall–Kier alpha value is -2.57. The summed E-state index contributed by atoms with van der Waals surface area (Å²) >= 11 is 1.14. The maximum atomic E-state index is 13.5. The zero-order valence-electron chi connectivity index (χ0n) is 14.7. The Kier molecular flexibility index (Phi) is 3.67. The number of anilines is 1. The molecule has 0 radical (unpaired) electrons. The van der Waals surface area contributed by atoms with Gasteiger partial charge in [0.25, 0.3) is 0 Å². The molecule has 1 fully saturated rings. The summed E-state index contributed by atoms with van der Waals surface area (Å²) in [6, 6.07) is 15.6. The van der Waals surface area contributed by atoms with E-state index in [0.29, 0.717) is 12.8 Å². The molecule has 6 heteroatoms. The van der Waals surface area contributed by atoms with Crippen molar-refractivity contribution in [3.63, 3.8) is 0 Å². The van der Waals surface area contributed by atoms with Gasteiger partial charge in [0.2, 0.25) is 0 Å². The number of hydrogen-bond acceptors (Lipinski definition) is 5. The molecule has 0 unspecified atom stereocenters. The van der Waals surface area contributed by atoms with E-state index < -0.39 is 5.60 Å². The number of rotatable bonds is 3. The molecule has 1 aliphatic rings. The maximum absolute atomic E-state index is 13.5. The summed E-state index contributed by atoms with van der Waals surface area (Å²) < 4.78 is 14.5. The molecular weight excluding hydrogens is 361 g/mol. The number of hydrogen-bond donors (Lipinski definition) is 2. The Morgan fingerprint density at radius 2 is 1.89 bits per heavy atom. The first-order chi connectivity index (χ1) is 13.0. The number of aliphatic hydroxyl groups is 1. The van der Waals surface area contributed by atoms with Gasteiger partial charge in [-0.25, -0.2) is 0 Å². The predicted molar refractivity (Wildman–Crippen MR) is 108 cm³/mol. The van der Waals surface area contributed by atoms with Crippen LogP contribution in [0.2, 0.25) is 0 Å². The highest BCUT2D eigenvalue weighted by molar-refractivity contribution is 7.17. The van der Waals surface area contributed by atoms with Crippen molar-refractivity contribution >= 4 is 38.0 Å². The molecule has 1 aliphatic carbocycles. The molecule has 0 spiro atoms. The highest BCUT2D eigenvalue weighted by Gasteiger charge is 2.38. The third kappa shape index (κ3) is 2.95. The van der Waals surface area contributed by atoms with E-state index in [9.17, 15) is 9.50 Å². The van der Waals surface area contributed by atoms with Gasteiger partial charge < -0.3 is 10.4 Å². The van der Waals surface area contributed by atoms with Crippen LogP contribution in [0, 0.1) is 5.13 Å². The average molecular weight is 379 g/mol. The molecule has 0 atom stereocenters. The number of halogens is 1. The number of nitrogens with one attached hydrogen (secondary N) is 1. The largest absolute Gasteiger partial charge is 0.390 e. The van der Waals surface area contributed by atoms with Crippen molar-refractivity contribution in [3.05, 3.63) is 53.7 Å². The Balaban J connectivity index is 1.58. The van der Waals surface area contributed by atoms with Crippen molar-refractivity contribution in [1.82, 2.24) is 10.2 Å². The van der Waals surface area contributed by atoms with Gasteiger partial charge in [-0.2, -0.15) is 4.39 Å². The van der Waals surface area contributed by atoms with Crippen molar-refractivity contribution in [2.45, 2.75) is 31.4 Å². The van der Waals surface area contributed by atoms with Crippen LogP contribution >= 0.6 is 11.3 Å². The second-order valence-corrected chi connectivity index (χ2v) is 8.53. The van der Waals surface area contributed by atoms with E-state index in [1.165, 1.54) is 0 Å². The zero-order chi connectivity index (χ0) is 18.6. The Bertz CT molecular complexity index is 1160. The minimum atomic E-state index is -0.591. The van der Waals surface area contributed by atoms with Gasteiger partial charge in [0.15, 0.2) is 10.9 Å². The fourth-order valence-electron chi connectivity index (χ4n) is 3.88. The van der Waals surface area contributed by atoms with Crippen LogP contribution in [-0.2, 0) is 0 Å². The first-order valence-electron chi connectivity index (χ1n) is 8.92. The van der Waals surface area contributed by atoms with Crippen molar-refractivity contribution in [1.29, 1.82) is 0 Å². The van der Waals surface area contributed by atoms with Gasteiger partial charge in [0.05, 0.1) is 5.60 Å². The van der Waals surface area contributed by atoms with Gasteiger partial charge in [-0.1, -0.05) is 30.3 Å². The van der Waals surface area contributed by atoms with Crippen LogP contribution in [0.25, 0.3) is 32.1 Å². The first kappa shape index (κ1) is 16.6. The van der Waals surface area contributed by atoms with Crippen LogP contribution in [0.3, 0.4) is 0 Å². The fourth-order valence-corrected chi connectivity index (χ4v) is 4.65. The molecule has 0 amide bonds. The fraction of sp³-hybridized carbons (Fsp3) is 0.238. The van der Waals surface area contributed by atoms with Crippen LogP contribution < -0.4 is 5.32 Å². The highest BCUT2D eigenvalue weighted by atomic mass is 32.1. The number of aromatic nitrogens is 2. The Morgan fingerprint density at radius 3 is 2.67 bits per heavy atom. The number of thiophene rings is 1. The van der Waals surface area contributed by atoms with Crippen molar-refractivity contribution in [2.75, 3.05) is 5.32 Å². The van der Waals surface area contributed by atoms with Crippen LogP contribution in [0.5, 0.6) is 0 Å². The van der Waals surface area contributed by atoms with E-state index in [0.717, 1.165) is 49.3 Å². The van der Waals surface area contributed by atoms with Gasteiger partial charge in [0.1, 0.15) is 5.69 Å². The summed E-state index contributed by atoms with van der Waals surface area (Å²) in [6.45, 7) is 1.85. The van der Waals surface area contributed by atoms with E-state index in [1.54, 1.807) is 6.07 Å². The van der Waals surface area contributed by atoms with E-state index in [2.05, 4.69) is 15.5 Å². The Labute approximate surface area is 159 Å². The minimum absolute atomic E-state index is 0.186. The zero-order valence-corrected chi connectivity index (χ0v) is 15.6. The van der Waals surface area contributed by atoms with E-state index in [4.69, 9.17) is 0 Å². The molecule has 2 aromatic heterocycles. The van der Waals surface area contributed by atoms with Gasteiger partial charge in [-0.3, -0.25) is 0 Å². The van der Waals surface area contributed by atoms with E-state index >= 15 is 0 Å². The van der Waals surface area contributed by atoms with Crippen LogP contribution in [0.1, 0.15) is 19.8 Å². The summed E-state index contributed by atoms with van der Waals surface area (Å²) in [5.41, 5.74) is 1.11. The second-order valence-electron chi connectivity index (χ2n) is 7.49. The van der Waals surface area contributed by atoms with Gasteiger partial charge in [-0.15, -0.1) is 21.5 Å². The SMILES string of the molecule is CC1(O)CC(Nc2nnc(-c3ccc4sc(F)cc4c3)c3ccccc23)C1. The van der Waals surface area contributed by atoms with Crippen LogP contribution in [0.4, 0.5) is 10.2 Å². The summed E-state index contributed by atoms with van der Waals surface area (Å²) in [7, 11) is 0. The van der Waals surface area contributed by atoms with Gasteiger partial charge in [-0.05, 0) is 43.4 Å². The molecule has 27 heavy (non-hydrogen) atoms. The molecule has 0 aliphatic heterocycles. The summed E-state index contributed by atoms with van der Waals surface area (Å²) in [6.07, 6.45) is 1.40. The summed E-state index contributed by atoms with van der Waals surface area (Å²) in [5, 5.41) is 24.9. The van der Waals surface area contributed by atoms with Gasteiger partial charge >= 0.3 is 0 Å². The smallest absolute Gasteiger partial charge is 0.177 e. The maximum Gasteiger partial charge on any atom is 0.177 e. The first-order valence-corrected chi connectivity index (χ1v) is 9.74. The molecule has 2 N–H and O–H groups in total. The molecule has 1 saturated carbocycles. The molecule has 5 rings (SSSR count). The Morgan fingerprint density at radius 1 is 1.11 bits per heavy atom. The van der Waals surface area contributed by atoms with Crippen molar-refractivity contribution in [2.24, 2.45) is 0 Å². The van der Waals surface area contributed by atoms with E-state index in [1.807, 2.05) is 49.4 Å². The highest BCUT2D eigenvalue weighted by Crippen LogP contribution is 2.37. The number of benzene rings is 2. The molecule has 0 bridgehead atoms. The number of fused-ring (bicyclic) bond motifs is 2. The average Bonchev–Trinajstić information content (AvgIpc) is 2.99. The van der Waals surface area contributed by atoms with Crippen LogP contribution in [0.15, 0.2) is 48.5 Å².